The van der Waals surface area contributed by atoms with Gasteiger partial charge in [0.15, 0.2) is 10.8 Å². The van der Waals surface area contributed by atoms with E-state index in [2.05, 4.69) is 9.97 Å². The molecule has 0 bridgehead atoms. The number of aromatic nitrogens is 2. The molecular weight excluding hydrogens is 291 g/mol. The molecule has 2 aromatic rings. The largest absolute Gasteiger partial charge is 0.238 e. The zero-order valence-electron chi connectivity index (χ0n) is 9.97. The molecule has 1 aromatic carbocycles. The van der Waals surface area contributed by atoms with E-state index in [-0.39, 0.29) is 17.0 Å². The number of rotatable bonds is 3. The standard InChI is InChI=1S/C12H10ClFN2O2S/c1-2-10-11(14)12(16-7-15-10)19(17,18)9-5-3-8(13)4-6-9/h3-7H,2H2,1H3. The van der Waals surface area contributed by atoms with E-state index in [0.717, 1.165) is 6.33 Å². The van der Waals surface area contributed by atoms with Crippen LogP contribution in [0.25, 0.3) is 0 Å². The Morgan fingerprint density at radius 2 is 1.84 bits per heavy atom. The van der Waals surface area contributed by atoms with Crippen LogP contribution in [0.5, 0.6) is 0 Å². The topological polar surface area (TPSA) is 59.9 Å². The predicted molar refractivity (Wildman–Crippen MR) is 68.3 cm³/mol. The summed E-state index contributed by atoms with van der Waals surface area (Å²) in [6, 6.07) is 5.47. The smallest absolute Gasteiger partial charge is 0.226 e. The van der Waals surface area contributed by atoms with Crippen LogP contribution in [0.15, 0.2) is 40.5 Å². The van der Waals surface area contributed by atoms with Gasteiger partial charge in [0.05, 0.1) is 10.6 Å². The molecule has 0 saturated carbocycles. The molecule has 0 fully saturated rings. The molecule has 1 heterocycles. The minimum atomic E-state index is -4.00. The molecule has 0 aliphatic rings. The lowest BCUT2D eigenvalue weighted by molar-refractivity contribution is 0.535. The highest BCUT2D eigenvalue weighted by molar-refractivity contribution is 7.91. The summed E-state index contributed by atoms with van der Waals surface area (Å²) in [5.41, 5.74) is 0.0718. The van der Waals surface area contributed by atoms with E-state index in [1.165, 1.54) is 24.3 Å². The highest BCUT2D eigenvalue weighted by Gasteiger charge is 2.25. The van der Waals surface area contributed by atoms with Crippen LogP contribution in [0.4, 0.5) is 4.39 Å². The molecule has 19 heavy (non-hydrogen) atoms. The normalized spacial score (nSPS) is 11.5. The summed E-state index contributed by atoms with van der Waals surface area (Å²) in [5, 5.41) is -0.210. The first-order chi connectivity index (χ1) is 8.96. The zero-order chi connectivity index (χ0) is 14.0. The van der Waals surface area contributed by atoms with E-state index in [4.69, 9.17) is 11.6 Å². The zero-order valence-corrected chi connectivity index (χ0v) is 11.5. The lowest BCUT2D eigenvalue weighted by Crippen LogP contribution is -2.10. The third-order valence-electron chi connectivity index (χ3n) is 2.54. The number of hydrogen-bond acceptors (Lipinski definition) is 4. The molecule has 0 radical (unpaired) electrons. The van der Waals surface area contributed by atoms with E-state index >= 15 is 0 Å². The Bertz CT molecular complexity index is 702. The van der Waals surface area contributed by atoms with E-state index < -0.39 is 20.7 Å². The van der Waals surface area contributed by atoms with E-state index in [1.54, 1.807) is 6.92 Å². The maximum Gasteiger partial charge on any atom is 0.226 e. The van der Waals surface area contributed by atoms with E-state index in [0.29, 0.717) is 5.02 Å². The quantitative estimate of drug-likeness (QED) is 0.818. The van der Waals surface area contributed by atoms with Gasteiger partial charge in [-0.2, -0.15) is 0 Å². The highest BCUT2D eigenvalue weighted by Crippen LogP contribution is 2.23. The van der Waals surface area contributed by atoms with Crippen LogP contribution < -0.4 is 0 Å². The molecule has 7 heteroatoms. The Labute approximate surface area is 115 Å². The van der Waals surface area contributed by atoms with Gasteiger partial charge in [0, 0.05) is 5.02 Å². The second-order valence-electron chi connectivity index (χ2n) is 3.75. The SMILES string of the molecule is CCc1ncnc(S(=O)(=O)c2ccc(Cl)cc2)c1F. The summed E-state index contributed by atoms with van der Waals surface area (Å²) < 4.78 is 38.5. The first-order valence-corrected chi connectivity index (χ1v) is 7.33. The first-order valence-electron chi connectivity index (χ1n) is 5.47. The van der Waals surface area contributed by atoms with Gasteiger partial charge in [0.2, 0.25) is 9.84 Å². The van der Waals surface area contributed by atoms with Gasteiger partial charge >= 0.3 is 0 Å². The molecule has 100 valence electrons. The fraction of sp³-hybridized carbons (Fsp3) is 0.167. The van der Waals surface area contributed by atoms with Gasteiger partial charge in [0.25, 0.3) is 0 Å². The highest BCUT2D eigenvalue weighted by atomic mass is 35.5. The van der Waals surface area contributed by atoms with Crippen molar-refractivity contribution < 1.29 is 12.8 Å². The fourth-order valence-electron chi connectivity index (χ4n) is 1.55. The average molecular weight is 301 g/mol. The molecule has 0 saturated heterocycles. The number of aryl methyl sites for hydroxylation is 1. The fourth-order valence-corrected chi connectivity index (χ4v) is 2.93. The number of nitrogens with zero attached hydrogens (tertiary/aromatic N) is 2. The molecule has 4 nitrogen and oxygen atoms in total. The Kier molecular flexibility index (Phi) is 3.82. The molecule has 0 spiro atoms. The van der Waals surface area contributed by atoms with Crippen molar-refractivity contribution in [1.29, 1.82) is 0 Å². The number of sulfone groups is 1. The minimum Gasteiger partial charge on any atom is -0.238 e. The Hall–Kier alpha value is -1.53. The van der Waals surface area contributed by atoms with Crippen molar-refractivity contribution in [2.45, 2.75) is 23.3 Å². The minimum absolute atomic E-state index is 0.0587. The third-order valence-corrected chi connectivity index (χ3v) is 4.48. The maximum atomic E-state index is 14.0. The summed E-state index contributed by atoms with van der Waals surface area (Å²) in [4.78, 5) is 7.20. The Morgan fingerprint density at radius 3 is 2.42 bits per heavy atom. The summed E-state index contributed by atoms with van der Waals surface area (Å²) in [6.45, 7) is 1.68. The third kappa shape index (κ3) is 2.59. The number of hydrogen-bond donors (Lipinski definition) is 0. The van der Waals surface area contributed by atoms with Crippen molar-refractivity contribution in [3.8, 4) is 0 Å². The monoisotopic (exact) mass is 300 g/mol. The van der Waals surface area contributed by atoms with Crippen LogP contribution in [-0.2, 0) is 16.3 Å². The Balaban J connectivity index is 2.60. The van der Waals surface area contributed by atoms with Gasteiger partial charge in [0.1, 0.15) is 6.33 Å². The molecule has 2 rings (SSSR count). The van der Waals surface area contributed by atoms with Crippen molar-refractivity contribution in [3.05, 3.63) is 47.1 Å². The molecule has 0 unspecified atom stereocenters. The van der Waals surface area contributed by atoms with Crippen LogP contribution in [0, 0.1) is 5.82 Å². The van der Waals surface area contributed by atoms with Crippen LogP contribution >= 0.6 is 11.6 Å². The van der Waals surface area contributed by atoms with Gasteiger partial charge in [-0.1, -0.05) is 18.5 Å². The molecule has 0 aliphatic heterocycles. The second kappa shape index (κ2) is 5.22. The molecule has 0 aliphatic carbocycles. The average Bonchev–Trinajstić information content (AvgIpc) is 2.39. The molecule has 1 aromatic heterocycles. The lowest BCUT2D eigenvalue weighted by Gasteiger charge is -2.06. The van der Waals surface area contributed by atoms with Gasteiger partial charge < -0.3 is 0 Å². The Morgan fingerprint density at radius 1 is 1.21 bits per heavy atom. The lowest BCUT2D eigenvalue weighted by atomic mass is 10.3. The van der Waals surface area contributed by atoms with Crippen LogP contribution in [0.3, 0.4) is 0 Å². The number of halogens is 2. The van der Waals surface area contributed by atoms with Crippen LogP contribution in [0.2, 0.25) is 5.02 Å². The van der Waals surface area contributed by atoms with E-state index in [9.17, 15) is 12.8 Å². The number of benzene rings is 1. The van der Waals surface area contributed by atoms with Gasteiger partial charge in [-0.3, -0.25) is 0 Å². The molecule has 0 amide bonds. The van der Waals surface area contributed by atoms with Crippen molar-refractivity contribution in [2.75, 3.05) is 0 Å². The predicted octanol–water partition coefficient (Wildman–Crippen LogP) is 2.66. The van der Waals surface area contributed by atoms with Crippen molar-refractivity contribution in [1.82, 2.24) is 9.97 Å². The van der Waals surface area contributed by atoms with Crippen molar-refractivity contribution >= 4 is 21.4 Å². The van der Waals surface area contributed by atoms with Crippen LogP contribution in [0.1, 0.15) is 12.6 Å². The van der Waals surface area contributed by atoms with Gasteiger partial charge in [-0.05, 0) is 30.7 Å². The summed E-state index contributed by atoms with van der Waals surface area (Å²) in [5.74, 6) is -0.903. The van der Waals surface area contributed by atoms with Crippen molar-refractivity contribution in [2.24, 2.45) is 0 Å². The molecule has 0 atom stereocenters. The molecule has 0 N–H and O–H groups in total. The molecular formula is C12H10ClFN2O2S. The summed E-state index contributed by atoms with van der Waals surface area (Å²) >= 11 is 5.69. The maximum absolute atomic E-state index is 14.0. The first kappa shape index (κ1) is 13.9. The van der Waals surface area contributed by atoms with E-state index in [1.807, 2.05) is 0 Å². The van der Waals surface area contributed by atoms with Gasteiger partial charge in [-0.25, -0.2) is 22.8 Å². The summed E-state index contributed by atoms with van der Waals surface area (Å²) in [7, 11) is -4.00. The summed E-state index contributed by atoms with van der Waals surface area (Å²) in [6.07, 6.45) is 1.34. The van der Waals surface area contributed by atoms with Crippen LogP contribution in [-0.4, -0.2) is 18.4 Å². The van der Waals surface area contributed by atoms with Crippen molar-refractivity contribution in [3.63, 3.8) is 0 Å². The van der Waals surface area contributed by atoms with Gasteiger partial charge in [-0.15, -0.1) is 0 Å². The second-order valence-corrected chi connectivity index (χ2v) is 6.05.